The van der Waals surface area contributed by atoms with Gasteiger partial charge in [-0.15, -0.1) is 0 Å². The lowest BCUT2D eigenvalue weighted by Gasteiger charge is -2.38. The summed E-state index contributed by atoms with van der Waals surface area (Å²) in [4.78, 5) is 94.1. The van der Waals surface area contributed by atoms with Gasteiger partial charge in [-0.05, 0) is 25.8 Å². The van der Waals surface area contributed by atoms with E-state index in [4.69, 9.17) is 34.5 Å². The minimum Gasteiger partial charge on any atom is -0.481 e. The number of nitrogens with zero attached hydrogens (tertiary/aromatic N) is 3. The number of aliphatic hydroxyl groups excluding tert-OH is 2. The molecule has 3 fully saturated rings. The first-order chi connectivity index (χ1) is 29.9. The number of aliphatic hydroxyl groups is 2. The standard InChI is InChI=1S/C42H67N5O16/c1-5-6-7-8-9-10-11-12-13-14-25(59-33(53)18-24(2)17-32(51)52)19-34(54)60-29-23-45(3)37(40(55)46(4)36(29)41(56)57)39(63-35-21-26(48)28(22-43)61-35)38-27(49)20-31(62-38)47-16-15-30(50)44-42(47)58/h15-16,24-29,31,35-39,48-49H,5-14,17-23,43H2,1-4H3,(H,51,52)(H,56,57)(H,44,50,58)/t24?,25?,26-,27-,28+,29?,31+,35-,36?,37?,38-,39?/m0/s1. The second kappa shape index (κ2) is 24.7. The first-order valence-corrected chi connectivity index (χ1v) is 22.1. The average molecular weight is 898 g/mol. The summed E-state index contributed by atoms with van der Waals surface area (Å²) in [6.07, 6.45) is -1.21. The van der Waals surface area contributed by atoms with Gasteiger partial charge in [0.05, 0.1) is 24.7 Å². The summed E-state index contributed by atoms with van der Waals surface area (Å²) in [5.74, 6) is -5.50. The van der Waals surface area contributed by atoms with Crippen LogP contribution >= 0.6 is 0 Å². The molecule has 63 heavy (non-hydrogen) atoms. The maximum Gasteiger partial charge on any atom is 0.330 e. The molecule has 0 aromatic carbocycles. The molecule has 7 N–H and O–H groups in total. The van der Waals surface area contributed by atoms with E-state index in [2.05, 4.69) is 11.9 Å². The van der Waals surface area contributed by atoms with Gasteiger partial charge in [0.2, 0.25) is 5.91 Å². The zero-order valence-electron chi connectivity index (χ0n) is 36.7. The van der Waals surface area contributed by atoms with Gasteiger partial charge in [0.25, 0.3) is 5.56 Å². The molecule has 356 valence electrons. The minimum absolute atomic E-state index is 0.0626. The van der Waals surface area contributed by atoms with Gasteiger partial charge in [-0.3, -0.25) is 38.4 Å². The zero-order chi connectivity index (χ0) is 46.4. The topological polar surface area (TPSA) is 300 Å². The number of aromatic nitrogens is 2. The molecule has 3 saturated heterocycles. The first-order valence-electron chi connectivity index (χ1n) is 22.1. The Balaban J connectivity index is 1.55. The fourth-order valence-electron chi connectivity index (χ4n) is 8.57. The van der Waals surface area contributed by atoms with Crippen molar-refractivity contribution < 1.29 is 68.1 Å². The quantitative estimate of drug-likeness (QED) is 0.0586. The van der Waals surface area contributed by atoms with E-state index in [0.717, 1.165) is 54.1 Å². The smallest absolute Gasteiger partial charge is 0.330 e. The van der Waals surface area contributed by atoms with Crippen LogP contribution in [0.15, 0.2) is 21.9 Å². The molecule has 0 spiro atoms. The van der Waals surface area contributed by atoms with Crippen molar-refractivity contribution in [2.24, 2.45) is 11.7 Å². The second-order valence-corrected chi connectivity index (χ2v) is 17.1. The third-order valence-electron chi connectivity index (χ3n) is 11.9. The van der Waals surface area contributed by atoms with Crippen LogP contribution in [-0.4, -0.2) is 158 Å². The molecule has 1 aromatic rings. The number of carbonyl (C=O) groups is 5. The number of esters is 2. The highest BCUT2D eigenvalue weighted by Gasteiger charge is 2.54. The molecule has 0 bridgehead atoms. The SMILES string of the molecule is CCCCCCCCCCCC(CC(=O)OC1CN(C)C(C(O[C@H]2C[C@H](O)[C@@H](CN)O2)[C@H]2O[C@@H](n3ccc(=O)[nH]c3=O)C[C@@H]2O)C(=O)N(C)C1C(=O)O)OC(=O)CC(C)CC(=O)O. The van der Waals surface area contributed by atoms with Crippen LogP contribution in [-0.2, 0) is 47.7 Å². The molecule has 4 rings (SSSR count). The molecular formula is C42H67N5O16. The number of unbranched alkanes of at least 4 members (excludes halogenated alkanes) is 8. The first kappa shape index (κ1) is 51.4. The van der Waals surface area contributed by atoms with Crippen molar-refractivity contribution in [2.75, 3.05) is 27.2 Å². The molecule has 12 atom stereocenters. The van der Waals surface area contributed by atoms with Gasteiger partial charge >= 0.3 is 29.6 Å². The Morgan fingerprint density at radius 2 is 1.57 bits per heavy atom. The number of ether oxygens (including phenoxy) is 5. The van der Waals surface area contributed by atoms with Gasteiger partial charge in [0.1, 0.15) is 36.7 Å². The van der Waals surface area contributed by atoms with Crippen molar-refractivity contribution in [3.05, 3.63) is 33.1 Å². The summed E-state index contributed by atoms with van der Waals surface area (Å²) < 4.78 is 30.9. The highest BCUT2D eigenvalue weighted by molar-refractivity contribution is 5.88. The van der Waals surface area contributed by atoms with Crippen LogP contribution in [0.5, 0.6) is 0 Å². The number of likely N-dealkylation sites (N-methyl/N-ethyl adjacent to an activating group) is 2. The fraction of sp³-hybridized carbons (Fsp3) is 0.786. The Morgan fingerprint density at radius 1 is 0.905 bits per heavy atom. The van der Waals surface area contributed by atoms with Gasteiger partial charge in [-0.1, -0.05) is 65.2 Å². The largest absolute Gasteiger partial charge is 0.481 e. The van der Waals surface area contributed by atoms with Crippen molar-refractivity contribution in [1.82, 2.24) is 19.4 Å². The van der Waals surface area contributed by atoms with Crippen molar-refractivity contribution in [1.29, 1.82) is 0 Å². The Morgan fingerprint density at radius 3 is 2.17 bits per heavy atom. The van der Waals surface area contributed by atoms with E-state index in [1.807, 2.05) is 0 Å². The Hall–Kier alpha value is -4.25. The number of carboxylic acid groups (broad SMARTS) is 2. The van der Waals surface area contributed by atoms with Crippen molar-refractivity contribution >= 4 is 29.8 Å². The number of amides is 1. The van der Waals surface area contributed by atoms with Crippen LogP contribution in [0.3, 0.4) is 0 Å². The third kappa shape index (κ3) is 14.9. The lowest BCUT2D eigenvalue weighted by Crippen LogP contribution is -2.58. The predicted octanol–water partition coefficient (Wildman–Crippen LogP) is 0.866. The molecule has 1 aromatic heterocycles. The van der Waals surface area contributed by atoms with E-state index in [0.29, 0.717) is 12.8 Å². The summed E-state index contributed by atoms with van der Waals surface area (Å²) in [6.45, 7) is 3.34. The number of rotatable bonds is 25. The van der Waals surface area contributed by atoms with E-state index < -0.39 is 121 Å². The van der Waals surface area contributed by atoms with Crippen LogP contribution in [0.2, 0.25) is 0 Å². The van der Waals surface area contributed by atoms with Crippen LogP contribution in [0, 0.1) is 5.92 Å². The Kier molecular flexibility index (Phi) is 20.2. The molecule has 3 aliphatic rings. The van der Waals surface area contributed by atoms with Gasteiger partial charge in [-0.25, -0.2) is 9.59 Å². The number of nitrogens with one attached hydrogen (secondary N) is 1. The molecular weight excluding hydrogens is 830 g/mol. The number of carbonyl (C=O) groups excluding carboxylic acids is 3. The second-order valence-electron chi connectivity index (χ2n) is 17.1. The maximum absolute atomic E-state index is 14.5. The molecule has 21 heteroatoms. The van der Waals surface area contributed by atoms with E-state index >= 15 is 0 Å². The molecule has 6 unspecified atom stereocenters. The van der Waals surface area contributed by atoms with Crippen molar-refractivity contribution in [3.63, 3.8) is 0 Å². The lowest BCUT2D eigenvalue weighted by atomic mass is 9.98. The van der Waals surface area contributed by atoms with Gasteiger partial charge in [-0.2, -0.15) is 0 Å². The van der Waals surface area contributed by atoms with Crippen molar-refractivity contribution in [2.45, 2.75) is 177 Å². The maximum atomic E-state index is 14.5. The third-order valence-corrected chi connectivity index (χ3v) is 11.9. The number of H-pyrrole nitrogens is 1. The number of hydrogen-bond donors (Lipinski definition) is 6. The highest BCUT2D eigenvalue weighted by atomic mass is 16.7. The van der Waals surface area contributed by atoms with Gasteiger partial charge in [0, 0.05) is 58.1 Å². The highest BCUT2D eigenvalue weighted by Crippen LogP contribution is 2.36. The molecule has 0 radical (unpaired) electrons. The summed E-state index contributed by atoms with van der Waals surface area (Å²) in [7, 11) is 2.68. The monoisotopic (exact) mass is 897 g/mol. The number of aliphatic carboxylic acids is 2. The predicted molar refractivity (Wildman–Crippen MR) is 222 cm³/mol. The van der Waals surface area contributed by atoms with Gasteiger partial charge in [0.15, 0.2) is 12.3 Å². The summed E-state index contributed by atoms with van der Waals surface area (Å²) >= 11 is 0. The van der Waals surface area contributed by atoms with Gasteiger partial charge < -0.3 is 54.7 Å². The summed E-state index contributed by atoms with van der Waals surface area (Å²) in [6, 6.07) is -2.06. The summed E-state index contributed by atoms with van der Waals surface area (Å²) in [5.41, 5.74) is 4.29. The van der Waals surface area contributed by atoms with E-state index in [1.54, 1.807) is 6.92 Å². The Bertz CT molecular complexity index is 1790. The van der Waals surface area contributed by atoms with Crippen LogP contribution in [0.1, 0.15) is 116 Å². The number of nitrogens with two attached hydrogens (primary N) is 1. The molecule has 1 amide bonds. The number of hydrogen-bond acceptors (Lipinski definition) is 16. The lowest BCUT2D eigenvalue weighted by molar-refractivity contribution is -0.215. The number of carboxylic acids is 2. The number of aromatic amines is 1. The molecule has 4 heterocycles. The molecule has 0 aliphatic carbocycles. The van der Waals surface area contributed by atoms with E-state index in [1.165, 1.54) is 38.0 Å². The molecule has 3 aliphatic heterocycles. The van der Waals surface area contributed by atoms with E-state index in [9.17, 15) is 48.9 Å². The molecule has 0 saturated carbocycles. The normalized spacial score (nSPS) is 28.0. The summed E-state index contributed by atoms with van der Waals surface area (Å²) in [5, 5.41) is 41.6. The average Bonchev–Trinajstić information content (AvgIpc) is 3.73. The van der Waals surface area contributed by atoms with E-state index in [-0.39, 0.29) is 38.8 Å². The van der Waals surface area contributed by atoms with Crippen LogP contribution < -0.4 is 17.0 Å². The van der Waals surface area contributed by atoms with Crippen molar-refractivity contribution in [3.8, 4) is 0 Å². The zero-order valence-corrected chi connectivity index (χ0v) is 36.7. The Labute approximate surface area is 366 Å². The molecule has 21 nitrogen and oxygen atoms in total. The van der Waals surface area contributed by atoms with Crippen LogP contribution in [0.4, 0.5) is 0 Å². The van der Waals surface area contributed by atoms with Crippen LogP contribution in [0.25, 0.3) is 0 Å². The minimum atomic E-state index is -1.72. The fourth-order valence-corrected chi connectivity index (χ4v) is 8.57.